The largest absolute Gasteiger partial charge is 0.507 e. The van der Waals surface area contributed by atoms with Gasteiger partial charge in [0, 0.05) is 0 Å². The molecular weight excluding hydrogens is 232 g/mol. The van der Waals surface area contributed by atoms with Gasteiger partial charge in [-0.1, -0.05) is 58.1 Å². The maximum atomic E-state index is 10.4. The van der Waals surface area contributed by atoms with E-state index in [2.05, 4.69) is 26.0 Å². The van der Waals surface area contributed by atoms with Crippen LogP contribution in [-0.4, -0.2) is 5.11 Å². The van der Waals surface area contributed by atoms with E-state index < -0.39 is 0 Å². The predicted octanol–water partition coefficient (Wildman–Crippen LogP) is 5.34. The van der Waals surface area contributed by atoms with Crippen molar-refractivity contribution in [3.05, 3.63) is 28.8 Å². The molecule has 0 unspecified atom stereocenters. The molecule has 1 aliphatic rings. The van der Waals surface area contributed by atoms with Crippen molar-refractivity contribution in [2.24, 2.45) is 0 Å². The maximum absolute atomic E-state index is 10.4. The lowest BCUT2D eigenvalue weighted by Crippen LogP contribution is -2.06. The molecule has 1 N–H and O–H groups in total. The fourth-order valence-electron chi connectivity index (χ4n) is 3.38. The SMILES string of the molecule is CCCc1cc(C2CCCCC2)cc(CCC)c1O. The molecule has 0 radical (unpaired) electrons. The molecule has 1 aromatic carbocycles. The highest BCUT2D eigenvalue weighted by molar-refractivity contribution is 5.45. The Hall–Kier alpha value is -0.980. The standard InChI is InChI=1S/C18H28O/c1-3-8-15-12-17(14-10-6-5-7-11-14)13-16(9-4-2)18(15)19/h12-14,19H,3-11H2,1-2H3. The molecule has 1 saturated carbocycles. The second-order valence-electron chi connectivity index (χ2n) is 6.02. The second kappa shape index (κ2) is 6.98. The minimum atomic E-state index is 0.572. The molecule has 2 rings (SSSR count). The second-order valence-corrected chi connectivity index (χ2v) is 6.02. The first-order valence-electron chi connectivity index (χ1n) is 8.10. The summed E-state index contributed by atoms with van der Waals surface area (Å²) < 4.78 is 0. The van der Waals surface area contributed by atoms with Crippen molar-refractivity contribution in [1.29, 1.82) is 0 Å². The average molecular weight is 260 g/mol. The van der Waals surface area contributed by atoms with Crippen LogP contribution in [0.3, 0.4) is 0 Å². The molecule has 0 atom stereocenters. The zero-order chi connectivity index (χ0) is 13.7. The van der Waals surface area contributed by atoms with Gasteiger partial charge in [-0.3, -0.25) is 0 Å². The Kier molecular flexibility index (Phi) is 5.30. The third-order valence-electron chi connectivity index (χ3n) is 4.41. The molecule has 106 valence electrons. The number of phenolic OH excluding ortho intramolecular Hbond substituents is 1. The van der Waals surface area contributed by atoms with Crippen molar-refractivity contribution in [2.45, 2.75) is 77.6 Å². The number of rotatable bonds is 5. The number of phenols is 1. The van der Waals surface area contributed by atoms with Crippen LogP contribution in [0.2, 0.25) is 0 Å². The molecule has 1 fully saturated rings. The fraction of sp³-hybridized carbons (Fsp3) is 0.667. The van der Waals surface area contributed by atoms with E-state index in [4.69, 9.17) is 0 Å². The molecule has 0 heterocycles. The Bertz CT molecular complexity index is 375. The summed E-state index contributed by atoms with van der Waals surface area (Å²) in [6.45, 7) is 4.37. The van der Waals surface area contributed by atoms with Gasteiger partial charge < -0.3 is 5.11 Å². The van der Waals surface area contributed by atoms with E-state index in [1.165, 1.54) is 48.8 Å². The number of aryl methyl sites for hydroxylation is 2. The minimum Gasteiger partial charge on any atom is -0.507 e. The first-order valence-corrected chi connectivity index (χ1v) is 8.10. The van der Waals surface area contributed by atoms with Crippen molar-refractivity contribution in [2.75, 3.05) is 0 Å². The average Bonchev–Trinajstić information content (AvgIpc) is 2.44. The number of benzene rings is 1. The van der Waals surface area contributed by atoms with Crippen LogP contribution in [0.15, 0.2) is 12.1 Å². The molecule has 0 bridgehead atoms. The molecule has 1 aliphatic carbocycles. The maximum Gasteiger partial charge on any atom is 0.121 e. The van der Waals surface area contributed by atoms with Crippen LogP contribution in [0.25, 0.3) is 0 Å². The summed E-state index contributed by atoms with van der Waals surface area (Å²) in [7, 11) is 0. The van der Waals surface area contributed by atoms with E-state index in [-0.39, 0.29) is 0 Å². The van der Waals surface area contributed by atoms with Gasteiger partial charge in [0.2, 0.25) is 0 Å². The molecule has 1 aromatic rings. The van der Waals surface area contributed by atoms with Crippen molar-refractivity contribution in [3.8, 4) is 5.75 Å². The fourth-order valence-corrected chi connectivity index (χ4v) is 3.38. The first-order chi connectivity index (χ1) is 9.26. The molecular formula is C18H28O. The van der Waals surface area contributed by atoms with Crippen LogP contribution in [0.1, 0.15) is 81.4 Å². The summed E-state index contributed by atoms with van der Waals surface area (Å²) in [5, 5.41) is 10.4. The summed E-state index contributed by atoms with van der Waals surface area (Å²) in [6, 6.07) is 4.57. The van der Waals surface area contributed by atoms with Crippen molar-refractivity contribution >= 4 is 0 Å². The summed E-state index contributed by atoms with van der Waals surface area (Å²) in [6.07, 6.45) is 11.0. The summed E-state index contributed by atoms with van der Waals surface area (Å²) >= 11 is 0. The van der Waals surface area contributed by atoms with E-state index in [0.717, 1.165) is 31.6 Å². The molecule has 0 amide bonds. The van der Waals surface area contributed by atoms with E-state index in [9.17, 15) is 5.11 Å². The van der Waals surface area contributed by atoms with Gasteiger partial charge >= 0.3 is 0 Å². The first kappa shape index (κ1) is 14.4. The van der Waals surface area contributed by atoms with Crippen LogP contribution in [0, 0.1) is 0 Å². The minimum absolute atomic E-state index is 0.572. The lowest BCUT2D eigenvalue weighted by atomic mass is 9.82. The van der Waals surface area contributed by atoms with Gasteiger partial charge in [0.15, 0.2) is 0 Å². The summed E-state index contributed by atoms with van der Waals surface area (Å²) in [5.74, 6) is 1.31. The molecule has 0 aromatic heterocycles. The Morgan fingerprint density at radius 1 is 0.947 bits per heavy atom. The number of aromatic hydroxyl groups is 1. The van der Waals surface area contributed by atoms with Gasteiger partial charge in [-0.25, -0.2) is 0 Å². The molecule has 1 heteroatoms. The van der Waals surface area contributed by atoms with Gasteiger partial charge in [0.25, 0.3) is 0 Å². The van der Waals surface area contributed by atoms with Gasteiger partial charge in [-0.05, 0) is 48.3 Å². The zero-order valence-electron chi connectivity index (χ0n) is 12.5. The molecule has 0 aliphatic heterocycles. The summed E-state index contributed by atoms with van der Waals surface area (Å²) in [5.41, 5.74) is 3.84. The Morgan fingerprint density at radius 3 is 1.95 bits per heavy atom. The van der Waals surface area contributed by atoms with E-state index in [1.54, 1.807) is 0 Å². The number of hydrogen-bond acceptors (Lipinski definition) is 1. The number of hydrogen-bond donors (Lipinski definition) is 1. The molecule has 0 saturated heterocycles. The predicted molar refractivity (Wildman–Crippen MR) is 81.9 cm³/mol. The van der Waals surface area contributed by atoms with Crippen molar-refractivity contribution in [3.63, 3.8) is 0 Å². The van der Waals surface area contributed by atoms with Crippen LogP contribution in [0.4, 0.5) is 0 Å². The third-order valence-corrected chi connectivity index (χ3v) is 4.41. The van der Waals surface area contributed by atoms with Gasteiger partial charge in [-0.2, -0.15) is 0 Å². The highest BCUT2D eigenvalue weighted by atomic mass is 16.3. The van der Waals surface area contributed by atoms with E-state index >= 15 is 0 Å². The Labute approximate surface area is 118 Å². The molecule has 1 nitrogen and oxygen atoms in total. The van der Waals surface area contributed by atoms with E-state index in [1.807, 2.05) is 0 Å². The highest BCUT2D eigenvalue weighted by Crippen LogP contribution is 2.36. The van der Waals surface area contributed by atoms with Gasteiger partial charge in [0.05, 0.1) is 0 Å². The van der Waals surface area contributed by atoms with Crippen molar-refractivity contribution in [1.82, 2.24) is 0 Å². The molecule has 19 heavy (non-hydrogen) atoms. The van der Waals surface area contributed by atoms with Crippen LogP contribution in [0.5, 0.6) is 5.75 Å². The topological polar surface area (TPSA) is 20.2 Å². The summed E-state index contributed by atoms with van der Waals surface area (Å²) in [4.78, 5) is 0. The zero-order valence-corrected chi connectivity index (χ0v) is 12.5. The normalized spacial score (nSPS) is 16.7. The lowest BCUT2D eigenvalue weighted by Gasteiger charge is -2.24. The monoisotopic (exact) mass is 260 g/mol. The highest BCUT2D eigenvalue weighted by Gasteiger charge is 2.18. The van der Waals surface area contributed by atoms with Gasteiger partial charge in [-0.15, -0.1) is 0 Å². The lowest BCUT2D eigenvalue weighted by molar-refractivity contribution is 0.438. The molecule has 0 spiro atoms. The van der Waals surface area contributed by atoms with Crippen LogP contribution < -0.4 is 0 Å². The van der Waals surface area contributed by atoms with Crippen LogP contribution >= 0.6 is 0 Å². The quantitative estimate of drug-likeness (QED) is 0.757. The van der Waals surface area contributed by atoms with E-state index in [0.29, 0.717) is 5.75 Å². The smallest absolute Gasteiger partial charge is 0.121 e. The third kappa shape index (κ3) is 3.52. The van der Waals surface area contributed by atoms with Crippen LogP contribution in [-0.2, 0) is 12.8 Å². The Balaban J connectivity index is 2.30. The van der Waals surface area contributed by atoms with Gasteiger partial charge in [0.1, 0.15) is 5.75 Å². The Morgan fingerprint density at radius 2 is 1.47 bits per heavy atom. The van der Waals surface area contributed by atoms with Crippen molar-refractivity contribution < 1.29 is 5.11 Å².